The van der Waals surface area contributed by atoms with Gasteiger partial charge in [0.05, 0.1) is 18.4 Å². The van der Waals surface area contributed by atoms with Crippen LogP contribution in [0.4, 0.5) is 5.69 Å². The first kappa shape index (κ1) is 14.0. The van der Waals surface area contributed by atoms with E-state index in [1.54, 1.807) is 0 Å². The molecule has 0 saturated heterocycles. The van der Waals surface area contributed by atoms with Gasteiger partial charge >= 0.3 is 0 Å². The van der Waals surface area contributed by atoms with Gasteiger partial charge in [0.25, 0.3) is 0 Å². The van der Waals surface area contributed by atoms with Gasteiger partial charge in [-0.25, -0.2) is 0 Å². The van der Waals surface area contributed by atoms with Gasteiger partial charge in [-0.1, -0.05) is 13.8 Å². The van der Waals surface area contributed by atoms with Crippen molar-refractivity contribution in [2.75, 3.05) is 31.5 Å². The van der Waals surface area contributed by atoms with Gasteiger partial charge in [0.15, 0.2) is 0 Å². The average Bonchev–Trinajstić information content (AvgIpc) is 2.78. The Bertz CT molecular complexity index is 306. The van der Waals surface area contributed by atoms with Crippen LogP contribution >= 0.6 is 0 Å². The van der Waals surface area contributed by atoms with Gasteiger partial charge in [-0.15, -0.1) is 0 Å². The van der Waals surface area contributed by atoms with E-state index in [1.165, 1.54) is 0 Å². The molecule has 1 rings (SSSR count). The normalized spacial score (nSPS) is 13.0. The average molecular weight is 239 g/mol. The Morgan fingerprint density at radius 3 is 2.76 bits per heavy atom. The van der Waals surface area contributed by atoms with Crippen molar-refractivity contribution in [1.82, 2.24) is 14.7 Å². The first-order chi connectivity index (χ1) is 8.19. The third kappa shape index (κ3) is 4.75. The lowest BCUT2D eigenvalue weighted by Crippen LogP contribution is -2.27. The molecular formula is C12H25N5. The summed E-state index contributed by atoms with van der Waals surface area (Å²) < 4.78 is 1.98. The third-order valence-electron chi connectivity index (χ3n) is 2.94. The molecule has 0 fully saturated rings. The van der Waals surface area contributed by atoms with Crippen molar-refractivity contribution >= 4 is 5.69 Å². The van der Waals surface area contributed by atoms with Gasteiger partial charge in [-0.05, 0) is 20.0 Å². The smallest absolute Gasteiger partial charge is 0.0729 e. The number of nitrogens with two attached hydrogens (primary N) is 1. The number of rotatable bonds is 8. The summed E-state index contributed by atoms with van der Waals surface area (Å²) in [5.41, 5.74) is 6.61. The fourth-order valence-electron chi connectivity index (χ4n) is 1.69. The highest BCUT2D eigenvalue weighted by Gasteiger charge is 2.03. The summed E-state index contributed by atoms with van der Waals surface area (Å²) in [6.45, 7) is 11.2. The first-order valence-corrected chi connectivity index (χ1v) is 6.41. The first-order valence-electron chi connectivity index (χ1n) is 6.41. The zero-order valence-corrected chi connectivity index (χ0v) is 11.2. The molecule has 0 aromatic carbocycles. The van der Waals surface area contributed by atoms with Crippen LogP contribution < -0.4 is 11.1 Å². The molecule has 0 aliphatic carbocycles. The molecule has 1 atom stereocenters. The largest absolute Gasteiger partial charge is 0.379 e. The third-order valence-corrected chi connectivity index (χ3v) is 2.94. The Morgan fingerprint density at radius 1 is 1.47 bits per heavy atom. The van der Waals surface area contributed by atoms with E-state index in [0.29, 0.717) is 6.54 Å². The molecule has 0 amide bonds. The molecular weight excluding hydrogens is 214 g/mol. The minimum atomic E-state index is 0.287. The van der Waals surface area contributed by atoms with E-state index in [0.717, 1.165) is 31.9 Å². The predicted octanol–water partition coefficient (Wildman–Crippen LogP) is 0.984. The highest BCUT2D eigenvalue weighted by Crippen LogP contribution is 2.06. The number of nitrogens with zero attached hydrogens (tertiary/aromatic N) is 3. The highest BCUT2D eigenvalue weighted by atomic mass is 15.3. The van der Waals surface area contributed by atoms with Crippen LogP contribution in [0.15, 0.2) is 12.4 Å². The van der Waals surface area contributed by atoms with Crippen molar-refractivity contribution in [1.29, 1.82) is 0 Å². The second-order valence-corrected chi connectivity index (χ2v) is 4.30. The van der Waals surface area contributed by atoms with Crippen molar-refractivity contribution in [3.63, 3.8) is 0 Å². The number of hydrogen-bond donors (Lipinski definition) is 2. The van der Waals surface area contributed by atoms with Crippen LogP contribution in [0.1, 0.15) is 20.8 Å². The summed E-state index contributed by atoms with van der Waals surface area (Å²) in [7, 11) is 0. The van der Waals surface area contributed by atoms with Crippen LogP contribution in [0.2, 0.25) is 0 Å². The molecule has 5 heteroatoms. The van der Waals surface area contributed by atoms with Crippen molar-refractivity contribution in [2.45, 2.75) is 33.4 Å². The molecule has 5 nitrogen and oxygen atoms in total. The van der Waals surface area contributed by atoms with Crippen molar-refractivity contribution < 1.29 is 0 Å². The van der Waals surface area contributed by atoms with Crippen LogP contribution in [-0.2, 0) is 6.54 Å². The minimum absolute atomic E-state index is 0.287. The second kappa shape index (κ2) is 7.29. The van der Waals surface area contributed by atoms with E-state index in [-0.39, 0.29) is 6.04 Å². The molecule has 98 valence electrons. The standard InChI is InChI=1S/C12H25N5/c1-4-16(5-2)6-7-17-10-12(9-14-17)15-11(3)8-13/h9-11,15H,4-8,13H2,1-3H3. The summed E-state index contributed by atoms with van der Waals surface area (Å²) in [5.74, 6) is 0. The Labute approximate surface area is 104 Å². The zero-order chi connectivity index (χ0) is 12.7. The Hall–Kier alpha value is -1.07. The van der Waals surface area contributed by atoms with Gasteiger partial charge in [-0.3, -0.25) is 4.68 Å². The lowest BCUT2D eigenvalue weighted by Gasteiger charge is -2.17. The van der Waals surface area contributed by atoms with Gasteiger partial charge in [0, 0.05) is 25.3 Å². The quantitative estimate of drug-likeness (QED) is 0.710. The molecule has 17 heavy (non-hydrogen) atoms. The second-order valence-electron chi connectivity index (χ2n) is 4.30. The summed E-state index contributed by atoms with van der Waals surface area (Å²) in [4.78, 5) is 2.39. The highest BCUT2D eigenvalue weighted by molar-refractivity contribution is 5.39. The maximum absolute atomic E-state index is 5.56. The monoisotopic (exact) mass is 239 g/mol. The van der Waals surface area contributed by atoms with E-state index in [1.807, 2.05) is 17.1 Å². The van der Waals surface area contributed by atoms with E-state index < -0.39 is 0 Å². The SMILES string of the molecule is CCN(CC)CCn1cc(NC(C)CN)cn1. The van der Waals surface area contributed by atoms with Gasteiger partial charge in [0.1, 0.15) is 0 Å². The molecule has 0 saturated carbocycles. The van der Waals surface area contributed by atoms with Crippen LogP contribution in [0.25, 0.3) is 0 Å². The Morgan fingerprint density at radius 2 is 2.18 bits per heavy atom. The van der Waals surface area contributed by atoms with E-state index >= 15 is 0 Å². The Kier molecular flexibility index (Phi) is 6.00. The number of anilines is 1. The van der Waals surface area contributed by atoms with E-state index in [4.69, 9.17) is 5.73 Å². The molecule has 0 aliphatic rings. The lowest BCUT2D eigenvalue weighted by atomic mass is 10.3. The maximum atomic E-state index is 5.56. The molecule has 0 bridgehead atoms. The molecule has 0 aliphatic heterocycles. The molecule has 1 heterocycles. The zero-order valence-electron chi connectivity index (χ0n) is 11.2. The van der Waals surface area contributed by atoms with Crippen LogP contribution in [-0.4, -0.2) is 46.9 Å². The lowest BCUT2D eigenvalue weighted by molar-refractivity contribution is 0.285. The van der Waals surface area contributed by atoms with Crippen molar-refractivity contribution in [3.8, 4) is 0 Å². The topological polar surface area (TPSA) is 59.1 Å². The fourth-order valence-corrected chi connectivity index (χ4v) is 1.69. The van der Waals surface area contributed by atoms with Crippen molar-refractivity contribution in [2.24, 2.45) is 5.73 Å². The minimum Gasteiger partial charge on any atom is -0.379 e. The van der Waals surface area contributed by atoms with Gasteiger partial charge in [-0.2, -0.15) is 5.10 Å². The van der Waals surface area contributed by atoms with Crippen LogP contribution in [0, 0.1) is 0 Å². The molecule has 3 N–H and O–H groups in total. The number of nitrogens with one attached hydrogen (secondary N) is 1. The van der Waals surface area contributed by atoms with E-state index in [9.17, 15) is 0 Å². The van der Waals surface area contributed by atoms with Crippen LogP contribution in [0.5, 0.6) is 0 Å². The van der Waals surface area contributed by atoms with Crippen LogP contribution in [0.3, 0.4) is 0 Å². The maximum Gasteiger partial charge on any atom is 0.0729 e. The predicted molar refractivity (Wildman–Crippen MR) is 72.2 cm³/mol. The summed E-state index contributed by atoms with van der Waals surface area (Å²) in [5, 5.41) is 7.64. The number of likely N-dealkylation sites (N-methyl/N-ethyl adjacent to an activating group) is 1. The van der Waals surface area contributed by atoms with Gasteiger partial charge < -0.3 is 16.0 Å². The Balaban J connectivity index is 2.40. The summed E-state index contributed by atoms with van der Waals surface area (Å²) in [6, 6.07) is 0.287. The molecule has 0 spiro atoms. The molecule has 0 radical (unpaired) electrons. The number of hydrogen-bond acceptors (Lipinski definition) is 4. The molecule has 1 unspecified atom stereocenters. The van der Waals surface area contributed by atoms with Crippen molar-refractivity contribution in [3.05, 3.63) is 12.4 Å². The summed E-state index contributed by atoms with van der Waals surface area (Å²) in [6.07, 6.45) is 3.89. The number of aromatic nitrogens is 2. The van der Waals surface area contributed by atoms with E-state index in [2.05, 4.69) is 36.1 Å². The van der Waals surface area contributed by atoms with Gasteiger partial charge in [0.2, 0.25) is 0 Å². The fraction of sp³-hybridized carbons (Fsp3) is 0.750. The molecule has 1 aromatic heterocycles. The summed E-state index contributed by atoms with van der Waals surface area (Å²) >= 11 is 0. The molecule has 1 aromatic rings.